The fraction of sp³-hybridized carbons (Fsp3) is 0.429. The van der Waals surface area contributed by atoms with E-state index in [2.05, 4.69) is 34.4 Å². The summed E-state index contributed by atoms with van der Waals surface area (Å²) in [7, 11) is 2.24. The number of benzene rings is 1. The van der Waals surface area contributed by atoms with E-state index in [0.717, 1.165) is 18.4 Å². The first-order chi connectivity index (χ1) is 13.0. The van der Waals surface area contributed by atoms with Crippen LogP contribution in [-0.4, -0.2) is 40.1 Å². The van der Waals surface area contributed by atoms with E-state index in [4.69, 9.17) is 11.6 Å². The van der Waals surface area contributed by atoms with Crippen LogP contribution in [0.5, 0.6) is 0 Å². The Morgan fingerprint density at radius 3 is 2.48 bits per heavy atom. The number of nitrogens with zero attached hydrogens (tertiary/aromatic N) is 2. The molecule has 2 bridgehead atoms. The average Bonchev–Trinajstić information content (AvgIpc) is 2.88. The Morgan fingerprint density at radius 1 is 1.19 bits per heavy atom. The number of carbonyl (C=O) groups is 1. The number of pyridine rings is 1. The minimum Gasteiger partial charge on any atom is -0.477 e. The van der Waals surface area contributed by atoms with Crippen molar-refractivity contribution in [3.63, 3.8) is 0 Å². The van der Waals surface area contributed by atoms with E-state index in [-0.39, 0.29) is 11.7 Å². The van der Waals surface area contributed by atoms with E-state index in [1.54, 1.807) is 6.07 Å². The van der Waals surface area contributed by atoms with E-state index in [9.17, 15) is 9.90 Å². The average molecular weight is 386 g/mol. The molecule has 3 atom stereocenters. The molecular formula is C21H24ClN3O2. The van der Waals surface area contributed by atoms with Gasteiger partial charge >= 0.3 is 5.97 Å². The van der Waals surface area contributed by atoms with Crippen molar-refractivity contribution < 1.29 is 9.90 Å². The van der Waals surface area contributed by atoms with Crippen LogP contribution >= 0.6 is 11.6 Å². The zero-order valence-corrected chi connectivity index (χ0v) is 16.1. The minimum atomic E-state index is -1.01. The number of rotatable bonds is 5. The number of halogens is 1. The van der Waals surface area contributed by atoms with E-state index in [1.165, 1.54) is 18.9 Å². The standard InChI is InChI=1S/C21H24ClN3O2/c1-25-16-9-10-17(25)12-14(11-16)20(13-5-7-15(22)8-6-13)24-19-4-2-3-18(23-19)21(26)27/h2-8,14,16-17,20H,9-12H2,1H3,(H,23,24)(H,26,27). The van der Waals surface area contributed by atoms with Crippen LogP contribution in [0.25, 0.3) is 0 Å². The molecule has 2 saturated heterocycles. The molecule has 2 aromatic rings. The van der Waals surface area contributed by atoms with Gasteiger partial charge in [0.25, 0.3) is 0 Å². The van der Waals surface area contributed by atoms with Gasteiger partial charge in [-0.3, -0.25) is 0 Å². The Morgan fingerprint density at radius 2 is 1.85 bits per heavy atom. The normalized spacial score (nSPS) is 25.9. The number of carboxylic acid groups (broad SMARTS) is 1. The molecule has 2 aliphatic rings. The maximum absolute atomic E-state index is 11.3. The monoisotopic (exact) mass is 385 g/mol. The highest BCUT2D eigenvalue weighted by molar-refractivity contribution is 6.30. The molecule has 5 nitrogen and oxygen atoms in total. The maximum Gasteiger partial charge on any atom is 0.354 e. The molecule has 0 saturated carbocycles. The Bertz CT molecular complexity index is 812. The molecule has 3 unspecified atom stereocenters. The molecule has 0 radical (unpaired) electrons. The molecule has 1 aromatic heterocycles. The lowest BCUT2D eigenvalue weighted by atomic mass is 9.82. The minimum absolute atomic E-state index is 0.0540. The van der Waals surface area contributed by atoms with Crippen molar-refractivity contribution in [1.29, 1.82) is 0 Å². The molecule has 2 aliphatic heterocycles. The number of anilines is 1. The van der Waals surface area contributed by atoms with Crippen LogP contribution in [0.3, 0.4) is 0 Å². The Kier molecular flexibility index (Phi) is 5.06. The first-order valence-electron chi connectivity index (χ1n) is 9.45. The molecule has 27 heavy (non-hydrogen) atoms. The number of nitrogens with one attached hydrogen (secondary N) is 1. The molecule has 0 spiro atoms. The lowest BCUT2D eigenvalue weighted by Crippen LogP contribution is -2.42. The summed E-state index contributed by atoms with van der Waals surface area (Å²) in [5.74, 6) is 0.0512. The van der Waals surface area contributed by atoms with Crippen molar-refractivity contribution in [2.24, 2.45) is 5.92 Å². The summed E-state index contributed by atoms with van der Waals surface area (Å²) in [5, 5.41) is 13.5. The van der Waals surface area contributed by atoms with Crippen molar-refractivity contribution in [1.82, 2.24) is 9.88 Å². The van der Waals surface area contributed by atoms with Gasteiger partial charge in [-0.05, 0) is 68.5 Å². The smallest absolute Gasteiger partial charge is 0.354 e. The van der Waals surface area contributed by atoms with Gasteiger partial charge in [0.05, 0.1) is 6.04 Å². The highest BCUT2D eigenvalue weighted by atomic mass is 35.5. The number of carboxylic acids is 1. The van der Waals surface area contributed by atoms with Crippen LogP contribution in [-0.2, 0) is 0 Å². The predicted octanol–water partition coefficient (Wildman–Crippen LogP) is 4.46. The second kappa shape index (κ2) is 7.49. The molecule has 142 valence electrons. The number of hydrogen-bond acceptors (Lipinski definition) is 4. The molecule has 0 amide bonds. The van der Waals surface area contributed by atoms with E-state index in [0.29, 0.717) is 28.8 Å². The van der Waals surface area contributed by atoms with Crippen LogP contribution in [0.4, 0.5) is 5.82 Å². The summed E-state index contributed by atoms with van der Waals surface area (Å²) < 4.78 is 0. The predicted molar refractivity (Wildman–Crippen MR) is 106 cm³/mol. The first-order valence-corrected chi connectivity index (χ1v) is 9.83. The fourth-order valence-electron chi connectivity index (χ4n) is 4.66. The van der Waals surface area contributed by atoms with Crippen molar-refractivity contribution in [2.75, 3.05) is 12.4 Å². The third-order valence-electron chi connectivity index (χ3n) is 6.11. The van der Waals surface area contributed by atoms with Gasteiger partial charge in [-0.15, -0.1) is 0 Å². The number of aromatic nitrogens is 1. The highest BCUT2D eigenvalue weighted by Gasteiger charge is 2.41. The Hall–Kier alpha value is -2.11. The van der Waals surface area contributed by atoms with Crippen LogP contribution in [0.15, 0.2) is 42.5 Å². The molecule has 0 aliphatic carbocycles. The van der Waals surface area contributed by atoms with Crippen molar-refractivity contribution in [3.8, 4) is 0 Å². The van der Waals surface area contributed by atoms with Gasteiger partial charge in [-0.25, -0.2) is 9.78 Å². The maximum atomic E-state index is 11.3. The quantitative estimate of drug-likeness (QED) is 0.795. The van der Waals surface area contributed by atoms with Gasteiger partial charge < -0.3 is 15.3 Å². The van der Waals surface area contributed by atoms with Crippen molar-refractivity contribution in [2.45, 2.75) is 43.8 Å². The van der Waals surface area contributed by atoms with Crippen LogP contribution < -0.4 is 5.32 Å². The Balaban J connectivity index is 1.63. The first kappa shape index (κ1) is 18.3. The van der Waals surface area contributed by atoms with Gasteiger partial charge in [0, 0.05) is 17.1 Å². The topological polar surface area (TPSA) is 65.5 Å². The zero-order valence-electron chi connectivity index (χ0n) is 15.3. The van der Waals surface area contributed by atoms with Crippen molar-refractivity contribution in [3.05, 3.63) is 58.7 Å². The van der Waals surface area contributed by atoms with Crippen LogP contribution in [0, 0.1) is 5.92 Å². The van der Waals surface area contributed by atoms with Gasteiger partial charge in [0.2, 0.25) is 0 Å². The summed E-state index contributed by atoms with van der Waals surface area (Å²) >= 11 is 6.09. The second-order valence-corrected chi connectivity index (χ2v) is 8.11. The number of aromatic carboxylic acids is 1. The molecule has 4 rings (SSSR count). The van der Waals surface area contributed by atoms with Gasteiger partial charge in [0.1, 0.15) is 5.82 Å². The number of fused-ring (bicyclic) bond motifs is 2. The summed E-state index contributed by atoms with van der Waals surface area (Å²) in [6, 6.07) is 14.4. The fourth-order valence-corrected chi connectivity index (χ4v) is 4.79. The molecule has 6 heteroatoms. The Labute approximate surface area is 164 Å². The second-order valence-electron chi connectivity index (χ2n) is 7.67. The number of hydrogen-bond donors (Lipinski definition) is 2. The third kappa shape index (κ3) is 3.80. The van der Waals surface area contributed by atoms with E-state index in [1.807, 2.05) is 18.2 Å². The summed E-state index contributed by atoms with van der Waals surface area (Å²) in [6.45, 7) is 0. The molecule has 3 heterocycles. The van der Waals surface area contributed by atoms with Gasteiger partial charge in [-0.2, -0.15) is 0 Å². The summed E-state index contributed by atoms with van der Waals surface area (Å²) in [4.78, 5) is 18.1. The van der Waals surface area contributed by atoms with Crippen LogP contribution in [0.2, 0.25) is 5.02 Å². The molecular weight excluding hydrogens is 362 g/mol. The van der Waals surface area contributed by atoms with Gasteiger partial charge in [0.15, 0.2) is 5.69 Å². The van der Waals surface area contributed by atoms with Crippen LogP contribution in [0.1, 0.15) is 47.8 Å². The summed E-state index contributed by atoms with van der Waals surface area (Å²) in [5.41, 5.74) is 1.22. The van der Waals surface area contributed by atoms with Crippen molar-refractivity contribution >= 4 is 23.4 Å². The summed E-state index contributed by atoms with van der Waals surface area (Å²) in [6.07, 6.45) is 4.79. The molecule has 2 N–H and O–H groups in total. The highest BCUT2D eigenvalue weighted by Crippen LogP contribution is 2.43. The largest absolute Gasteiger partial charge is 0.477 e. The lowest BCUT2D eigenvalue weighted by molar-refractivity contribution is 0.0690. The SMILES string of the molecule is CN1C2CCC1CC(C(Nc1cccc(C(=O)O)n1)c1ccc(Cl)cc1)C2. The zero-order chi connectivity index (χ0) is 19.0. The lowest BCUT2D eigenvalue weighted by Gasteiger charge is -2.40. The molecule has 1 aromatic carbocycles. The van der Waals surface area contributed by atoms with Gasteiger partial charge in [-0.1, -0.05) is 29.8 Å². The third-order valence-corrected chi connectivity index (χ3v) is 6.36. The van der Waals surface area contributed by atoms with E-state index >= 15 is 0 Å². The molecule has 2 fully saturated rings. The van der Waals surface area contributed by atoms with E-state index < -0.39 is 5.97 Å². The number of piperidine rings is 1.